The van der Waals surface area contributed by atoms with Crippen LogP contribution in [0.2, 0.25) is 0 Å². The summed E-state index contributed by atoms with van der Waals surface area (Å²) in [5.41, 5.74) is 1.17. The molecule has 1 aliphatic rings. The minimum atomic E-state index is 1.01. The Morgan fingerprint density at radius 3 is 3.00 bits per heavy atom. The van der Waals surface area contributed by atoms with Crippen LogP contribution in [0, 0.1) is 6.08 Å². The van der Waals surface area contributed by atoms with Crippen LogP contribution in [0.3, 0.4) is 0 Å². The van der Waals surface area contributed by atoms with Gasteiger partial charge in [0.05, 0.1) is 0 Å². The fourth-order valence-corrected chi connectivity index (χ4v) is 0.974. The van der Waals surface area contributed by atoms with Crippen molar-refractivity contribution in [1.82, 2.24) is 4.72 Å². The number of rotatable bonds is 0. The summed E-state index contributed by atoms with van der Waals surface area (Å²) >= 11 is 1.68. The zero-order valence-corrected chi connectivity index (χ0v) is 4.43. The molecule has 0 bridgehead atoms. The fourth-order valence-electron chi connectivity index (χ4n) is 0.325. The van der Waals surface area contributed by atoms with E-state index < -0.39 is 0 Å². The molecule has 1 rings (SSSR count). The molecule has 0 fully saturated rings. The van der Waals surface area contributed by atoms with Crippen LogP contribution >= 0.6 is 11.9 Å². The van der Waals surface area contributed by atoms with Crippen LogP contribution in [0.5, 0.6) is 0 Å². The molecule has 0 aromatic carbocycles. The monoisotopic (exact) mass is 100 g/mol. The third-order valence-electron chi connectivity index (χ3n) is 0.635. The number of hydrogen-bond acceptors (Lipinski definition) is 2. The molecule has 0 spiro atoms. The lowest BCUT2D eigenvalue weighted by atomic mass is 10.5. The highest BCUT2D eigenvalue weighted by atomic mass is 32.2. The van der Waals surface area contributed by atoms with Crippen molar-refractivity contribution in [1.29, 1.82) is 0 Å². The summed E-state index contributed by atoms with van der Waals surface area (Å²) in [6.07, 6.45) is 3.09. The lowest BCUT2D eigenvalue weighted by molar-refractivity contribution is 1.22. The molecule has 33 valence electrons. The summed E-state index contributed by atoms with van der Waals surface area (Å²) in [6, 6.07) is 0. The first kappa shape index (κ1) is 4.06. The van der Waals surface area contributed by atoms with Crippen molar-refractivity contribution in [3.8, 4) is 0 Å². The molecular formula is C4H6NS. The van der Waals surface area contributed by atoms with E-state index in [0.717, 1.165) is 5.75 Å². The molecule has 0 atom stereocenters. The van der Waals surface area contributed by atoms with Crippen LogP contribution in [-0.4, -0.2) is 5.75 Å². The highest BCUT2D eigenvalue weighted by Gasteiger charge is 1.94. The Labute approximate surface area is 41.9 Å². The second kappa shape index (κ2) is 1.56. The minimum absolute atomic E-state index is 1.01. The molecule has 0 amide bonds. The molecule has 1 N–H and O–H groups in total. The summed E-state index contributed by atoms with van der Waals surface area (Å²) in [4.78, 5) is 0. The van der Waals surface area contributed by atoms with E-state index in [2.05, 4.69) is 10.8 Å². The minimum Gasteiger partial charge on any atom is -0.333 e. The number of hydrogen-bond donors (Lipinski definition) is 1. The van der Waals surface area contributed by atoms with Gasteiger partial charge in [-0.15, -0.1) is 0 Å². The Bertz CT molecular complexity index is 77.6. The molecule has 0 aromatic heterocycles. The molecule has 6 heavy (non-hydrogen) atoms. The Morgan fingerprint density at radius 1 is 2.00 bits per heavy atom. The average Bonchev–Trinajstić information content (AvgIpc) is 1.86. The highest BCUT2D eigenvalue weighted by molar-refractivity contribution is 7.97. The quantitative estimate of drug-likeness (QED) is 0.455. The summed E-state index contributed by atoms with van der Waals surface area (Å²) in [7, 11) is 0. The maximum absolute atomic E-state index is 3.09. The summed E-state index contributed by atoms with van der Waals surface area (Å²) in [6.45, 7) is 2.01. The van der Waals surface area contributed by atoms with Crippen LogP contribution in [0.15, 0.2) is 5.70 Å². The first-order valence-electron chi connectivity index (χ1n) is 1.85. The fraction of sp³-hybridized carbons (Fsp3) is 0.500. The van der Waals surface area contributed by atoms with E-state index in [9.17, 15) is 0 Å². The van der Waals surface area contributed by atoms with Crippen LogP contribution < -0.4 is 4.72 Å². The molecule has 0 aromatic rings. The van der Waals surface area contributed by atoms with Gasteiger partial charge in [-0.3, -0.25) is 0 Å². The van der Waals surface area contributed by atoms with Gasteiger partial charge in [0.2, 0.25) is 0 Å². The molecule has 0 aliphatic carbocycles. The lowest BCUT2D eigenvalue weighted by Gasteiger charge is -1.87. The van der Waals surface area contributed by atoms with Gasteiger partial charge in [-0.1, -0.05) is 0 Å². The van der Waals surface area contributed by atoms with Crippen molar-refractivity contribution in [2.45, 2.75) is 6.92 Å². The van der Waals surface area contributed by atoms with E-state index in [1.807, 2.05) is 6.92 Å². The second-order valence-corrected chi connectivity index (χ2v) is 1.97. The zero-order valence-electron chi connectivity index (χ0n) is 3.62. The van der Waals surface area contributed by atoms with Gasteiger partial charge in [0.1, 0.15) is 0 Å². The summed E-state index contributed by atoms with van der Waals surface area (Å²) < 4.78 is 3.04. The molecular weight excluding hydrogens is 94.1 g/mol. The van der Waals surface area contributed by atoms with Crippen molar-refractivity contribution in [2.75, 3.05) is 5.75 Å². The molecule has 0 saturated heterocycles. The van der Waals surface area contributed by atoms with Crippen LogP contribution in [0.4, 0.5) is 0 Å². The predicted octanol–water partition coefficient (Wildman–Crippen LogP) is 0.945. The van der Waals surface area contributed by atoms with E-state index >= 15 is 0 Å². The smallest absolute Gasteiger partial charge is 0.0404 e. The van der Waals surface area contributed by atoms with Crippen LogP contribution in [-0.2, 0) is 0 Å². The van der Waals surface area contributed by atoms with Crippen LogP contribution in [0.1, 0.15) is 6.92 Å². The van der Waals surface area contributed by atoms with E-state index in [0.29, 0.717) is 0 Å². The van der Waals surface area contributed by atoms with Crippen molar-refractivity contribution in [2.24, 2.45) is 0 Å². The zero-order chi connectivity index (χ0) is 4.41. The third kappa shape index (κ3) is 0.684. The van der Waals surface area contributed by atoms with E-state index in [4.69, 9.17) is 0 Å². The highest BCUT2D eigenvalue weighted by Crippen LogP contribution is 2.06. The topological polar surface area (TPSA) is 12.0 Å². The standard InChI is InChI=1S/C4H6NS/c1-4-2-3-6-5-4/h5H,3H2,1H3. The second-order valence-electron chi connectivity index (χ2n) is 1.19. The Hall–Kier alpha value is -0.110. The van der Waals surface area contributed by atoms with Gasteiger partial charge in [0, 0.05) is 11.4 Å². The molecule has 0 unspecified atom stereocenters. The molecule has 2 heteroatoms. The van der Waals surface area contributed by atoms with E-state index in [1.54, 1.807) is 11.9 Å². The van der Waals surface area contributed by atoms with Gasteiger partial charge in [0.25, 0.3) is 0 Å². The van der Waals surface area contributed by atoms with Gasteiger partial charge in [-0.05, 0) is 24.9 Å². The van der Waals surface area contributed by atoms with Crippen molar-refractivity contribution >= 4 is 11.9 Å². The summed E-state index contributed by atoms with van der Waals surface area (Å²) in [5, 5.41) is 0. The van der Waals surface area contributed by atoms with Gasteiger partial charge in [-0.2, -0.15) is 0 Å². The maximum Gasteiger partial charge on any atom is 0.0404 e. The first-order valence-corrected chi connectivity index (χ1v) is 2.83. The Morgan fingerprint density at radius 2 is 2.83 bits per heavy atom. The predicted molar refractivity (Wildman–Crippen MR) is 28.0 cm³/mol. The van der Waals surface area contributed by atoms with Gasteiger partial charge < -0.3 is 4.72 Å². The molecule has 1 aliphatic heterocycles. The van der Waals surface area contributed by atoms with E-state index in [-0.39, 0.29) is 0 Å². The SMILES string of the molecule is CC1=[C]CSN1. The summed E-state index contributed by atoms with van der Waals surface area (Å²) in [5.74, 6) is 1.01. The van der Waals surface area contributed by atoms with Gasteiger partial charge in [-0.25, -0.2) is 0 Å². The van der Waals surface area contributed by atoms with E-state index in [1.165, 1.54) is 5.70 Å². The van der Waals surface area contributed by atoms with Crippen LogP contribution in [0.25, 0.3) is 0 Å². The normalized spacial score (nSPS) is 19.8. The maximum atomic E-state index is 3.09. The Balaban J connectivity index is 2.45. The third-order valence-corrected chi connectivity index (χ3v) is 1.37. The molecule has 1 radical (unpaired) electrons. The van der Waals surface area contributed by atoms with Gasteiger partial charge >= 0.3 is 0 Å². The largest absolute Gasteiger partial charge is 0.333 e. The number of nitrogens with one attached hydrogen (secondary N) is 1. The Kier molecular flexibility index (Phi) is 1.05. The van der Waals surface area contributed by atoms with Crippen molar-refractivity contribution < 1.29 is 0 Å². The van der Waals surface area contributed by atoms with Gasteiger partial charge in [0.15, 0.2) is 0 Å². The average molecular weight is 100 g/mol. The van der Waals surface area contributed by atoms with Crippen molar-refractivity contribution in [3.63, 3.8) is 0 Å². The molecule has 1 heterocycles. The van der Waals surface area contributed by atoms with Crippen molar-refractivity contribution in [3.05, 3.63) is 11.8 Å². The molecule has 1 nitrogen and oxygen atoms in total. The number of allylic oxidation sites excluding steroid dienone is 1. The first-order chi connectivity index (χ1) is 2.89. The molecule has 0 saturated carbocycles. The lowest BCUT2D eigenvalue weighted by Crippen LogP contribution is -1.89.